The van der Waals surface area contributed by atoms with E-state index in [-0.39, 0.29) is 18.1 Å². The van der Waals surface area contributed by atoms with Gasteiger partial charge in [-0.2, -0.15) is 5.10 Å². The van der Waals surface area contributed by atoms with Crippen molar-refractivity contribution in [2.75, 3.05) is 5.32 Å². The molecule has 0 saturated heterocycles. The molecule has 0 aliphatic carbocycles. The highest BCUT2D eigenvalue weighted by atomic mass is 16.6. The SMILES string of the molecule is CC[C@H](C)c1ccc(NC(=O)Cn2nc(C)c([N+](=O)[O-])c2C)cc1. The number of hydrogen-bond donors (Lipinski definition) is 1. The van der Waals surface area contributed by atoms with Crippen LogP contribution in [0, 0.1) is 24.0 Å². The number of anilines is 1. The fourth-order valence-electron chi connectivity index (χ4n) is 2.57. The van der Waals surface area contributed by atoms with Gasteiger partial charge in [-0.25, -0.2) is 0 Å². The van der Waals surface area contributed by atoms with E-state index in [4.69, 9.17) is 0 Å². The summed E-state index contributed by atoms with van der Waals surface area (Å²) in [6.45, 7) is 7.38. The van der Waals surface area contributed by atoms with Crippen molar-refractivity contribution >= 4 is 17.3 Å². The van der Waals surface area contributed by atoms with Crippen molar-refractivity contribution in [3.05, 3.63) is 51.3 Å². The van der Waals surface area contributed by atoms with Gasteiger partial charge in [0.05, 0.1) is 4.92 Å². The summed E-state index contributed by atoms with van der Waals surface area (Å²) in [6.07, 6.45) is 1.06. The lowest BCUT2D eigenvalue weighted by atomic mass is 9.99. The molecular weight excluding hydrogens is 308 g/mol. The predicted molar refractivity (Wildman–Crippen MR) is 92.1 cm³/mol. The van der Waals surface area contributed by atoms with Crippen molar-refractivity contribution < 1.29 is 9.72 Å². The molecule has 1 N–H and O–H groups in total. The van der Waals surface area contributed by atoms with Crippen LogP contribution in [0.2, 0.25) is 0 Å². The topological polar surface area (TPSA) is 90.1 Å². The van der Waals surface area contributed by atoms with Gasteiger partial charge in [-0.3, -0.25) is 19.6 Å². The van der Waals surface area contributed by atoms with Gasteiger partial charge in [-0.1, -0.05) is 26.0 Å². The quantitative estimate of drug-likeness (QED) is 0.647. The molecule has 24 heavy (non-hydrogen) atoms. The van der Waals surface area contributed by atoms with Crippen LogP contribution in [0.1, 0.15) is 43.1 Å². The Hall–Kier alpha value is -2.70. The maximum Gasteiger partial charge on any atom is 0.312 e. The number of carbonyl (C=O) groups excluding carboxylic acids is 1. The summed E-state index contributed by atoms with van der Waals surface area (Å²) in [5.74, 6) is 0.205. The monoisotopic (exact) mass is 330 g/mol. The Balaban J connectivity index is 2.06. The molecule has 0 aliphatic rings. The van der Waals surface area contributed by atoms with Gasteiger partial charge in [0.1, 0.15) is 17.9 Å². The molecule has 2 rings (SSSR count). The first-order valence-electron chi connectivity index (χ1n) is 7.91. The Bertz CT molecular complexity index is 750. The highest BCUT2D eigenvalue weighted by molar-refractivity contribution is 5.90. The van der Waals surface area contributed by atoms with Crippen LogP contribution < -0.4 is 5.32 Å². The number of nitrogens with one attached hydrogen (secondary N) is 1. The predicted octanol–water partition coefficient (Wildman–Crippen LogP) is 3.56. The highest BCUT2D eigenvalue weighted by Crippen LogP contribution is 2.22. The van der Waals surface area contributed by atoms with Gasteiger partial charge >= 0.3 is 5.69 Å². The minimum Gasteiger partial charge on any atom is -0.324 e. The van der Waals surface area contributed by atoms with Gasteiger partial charge in [0.25, 0.3) is 0 Å². The number of amides is 1. The summed E-state index contributed by atoms with van der Waals surface area (Å²) in [5, 5.41) is 17.9. The van der Waals surface area contributed by atoms with Crippen LogP contribution in [-0.4, -0.2) is 20.6 Å². The molecule has 7 heteroatoms. The molecule has 1 amide bonds. The van der Waals surface area contributed by atoms with E-state index in [9.17, 15) is 14.9 Å². The molecule has 0 unspecified atom stereocenters. The minimum absolute atomic E-state index is 0.0410. The van der Waals surface area contributed by atoms with E-state index in [1.807, 2.05) is 24.3 Å². The summed E-state index contributed by atoms with van der Waals surface area (Å²) in [7, 11) is 0. The second-order valence-electron chi connectivity index (χ2n) is 5.91. The third-order valence-corrected chi connectivity index (χ3v) is 4.20. The van der Waals surface area contributed by atoms with Gasteiger partial charge in [0.15, 0.2) is 0 Å². The number of nitrogens with zero attached hydrogens (tertiary/aromatic N) is 3. The molecule has 0 radical (unpaired) electrons. The summed E-state index contributed by atoms with van der Waals surface area (Å²) in [6, 6.07) is 7.72. The number of carbonyl (C=O) groups is 1. The van der Waals surface area contributed by atoms with E-state index in [2.05, 4.69) is 24.3 Å². The van der Waals surface area contributed by atoms with Crippen LogP contribution in [0.25, 0.3) is 0 Å². The zero-order chi connectivity index (χ0) is 17.9. The number of aryl methyl sites for hydroxylation is 1. The Morgan fingerprint density at radius 3 is 2.46 bits per heavy atom. The molecule has 1 aromatic carbocycles. The molecule has 1 heterocycles. The summed E-state index contributed by atoms with van der Waals surface area (Å²) in [4.78, 5) is 22.7. The lowest BCUT2D eigenvalue weighted by Gasteiger charge is -2.11. The molecule has 0 aliphatic heterocycles. The van der Waals surface area contributed by atoms with Crippen LogP contribution in [0.3, 0.4) is 0 Å². The number of rotatable bonds is 6. The standard InChI is InChI=1S/C17H22N4O3/c1-5-11(2)14-6-8-15(9-7-14)18-16(22)10-20-13(4)17(21(23)24)12(3)19-20/h6-9,11H,5,10H2,1-4H3,(H,18,22)/t11-/m0/s1. The lowest BCUT2D eigenvalue weighted by molar-refractivity contribution is -0.386. The summed E-state index contributed by atoms with van der Waals surface area (Å²) >= 11 is 0. The zero-order valence-corrected chi connectivity index (χ0v) is 14.4. The van der Waals surface area contributed by atoms with E-state index in [1.54, 1.807) is 13.8 Å². The van der Waals surface area contributed by atoms with Crippen LogP contribution in [0.5, 0.6) is 0 Å². The fourth-order valence-corrected chi connectivity index (χ4v) is 2.57. The second kappa shape index (κ2) is 7.25. The van der Waals surface area contributed by atoms with Gasteiger partial charge in [0, 0.05) is 5.69 Å². The maximum absolute atomic E-state index is 12.2. The third kappa shape index (κ3) is 3.79. The Kier molecular flexibility index (Phi) is 5.33. The smallest absolute Gasteiger partial charge is 0.312 e. The van der Waals surface area contributed by atoms with Crippen molar-refractivity contribution in [3.63, 3.8) is 0 Å². The first kappa shape index (κ1) is 17.7. The lowest BCUT2D eigenvalue weighted by Crippen LogP contribution is -2.20. The molecule has 0 spiro atoms. The average molecular weight is 330 g/mol. The summed E-state index contributed by atoms with van der Waals surface area (Å²) in [5.41, 5.74) is 2.57. The van der Waals surface area contributed by atoms with Crippen molar-refractivity contribution in [1.29, 1.82) is 0 Å². The first-order chi connectivity index (χ1) is 11.3. The average Bonchev–Trinajstić information content (AvgIpc) is 2.81. The van der Waals surface area contributed by atoms with Crippen molar-refractivity contribution in [1.82, 2.24) is 9.78 Å². The van der Waals surface area contributed by atoms with Crippen molar-refractivity contribution in [2.45, 2.75) is 46.6 Å². The Labute approximate surface area is 140 Å². The van der Waals surface area contributed by atoms with Crippen LogP contribution >= 0.6 is 0 Å². The van der Waals surface area contributed by atoms with E-state index in [0.717, 1.165) is 6.42 Å². The molecule has 0 saturated carbocycles. The number of hydrogen-bond acceptors (Lipinski definition) is 4. The van der Waals surface area contributed by atoms with Crippen LogP contribution in [0.15, 0.2) is 24.3 Å². The maximum atomic E-state index is 12.2. The second-order valence-corrected chi connectivity index (χ2v) is 5.91. The minimum atomic E-state index is -0.473. The van der Waals surface area contributed by atoms with Gasteiger partial charge < -0.3 is 5.32 Å². The summed E-state index contributed by atoms with van der Waals surface area (Å²) < 4.78 is 1.36. The van der Waals surface area contributed by atoms with Gasteiger partial charge in [0.2, 0.25) is 5.91 Å². The Morgan fingerprint density at radius 1 is 1.33 bits per heavy atom. The van der Waals surface area contributed by atoms with Gasteiger partial charge in [-0.05, 0) is 43.9 Å². The van der Waals surface area contributed by atoms with Crippen molar-refractivity contribution in [2.24, 2.45) is 0 Å². The third-order valence-electron chi connectivity index (χ3n) is 4.20. The normalized spacial score (nSPS) is 12.0. The highest BCUT2D eigenvalue weighted by Gasteiger charge is 2.22. The molecule has 128 valence electrons. The molecule has 1 aromatic heterocycles. The molecule has 7 nitrogen and oxygen atoms in total. The number of nitro groups is 1. The van der Waals surface area contributed by atoms with E-state index in [1.165, 1.54) is 10.2 Å². The van der Waals surface area contributed by atoms with E-state index < -0.39 is 4.92 Å². The van der Waals surface area contributed by atoms with Crippen molar-refractivity contribution in [3.8, 4) is 0 Å². The van der Waals surface area contributed by atoms with Crippen LogP contribution in [0.4, 0.5) is 11.4 Å². The molecular formula is C17H22N4O3. The molecule has 2 aromatic rings. The van der Waals surface area contributed by atoms with Gasteiger partial charge in [-0.15, -0.1) is 0 Å². The fraction of sp³-hybridized carbons (Fsp3) is 0.412. The Morgan fingerprint density at radius 2 is 1.96 bits per heavy atom. The van der Waals surface area contributed by atoms with Crippen LogP contribution in [-0.2, 0) is 11.3 Å². The zero-order valence-electron chi connectivity index (χ0n) is 14.4. The number of aromatic nitrogens is 2. The first-order valence-corrected chi connectivity index (χ1v) is 7.91. The largest absolute Gasteiger partial charge is 0.324 e. The van der Waals surface area contributed by atoms with E-state index >= 15 is 0 Å². The molecule has 0 bridgehead atoms. The molecule has 0 fully saturated rings. The number of benzene rings is 1. The van der Waals surface area contributed by atoms with E-state index in [0.29, 0.717) is 23.0 Å². The molecule has 1 atom stereocenters.